The molecule has 0 spiro atoms. The first-order valence-electron chi connectivity index (χ1n) is 8.10. The van der Waals surface area contributed by atoms with Crippen LogP contribution in [0.4, 0.5) is 0 Å². The molecule has 2 saturated heterocycles. The van der Waals surface area contributed by atoms with Crippen LogP contribution in [-0.4, -0.2) is 54.4 Å². The molecule has 2 atom stereocenters. The molecule has 2 unspecified atom stereocenters. The molecule has 7 heteroatoms. The van der Waals surface area contributed by atoms with Gasteiger partial charge in [0.1, 0.15) is 0 Å². The van der Waals surface area contributed by atoms with Crippen LogP contribution in [0.15, 0.2) is 4.52 Å². The van der Waals surface area contributed by atoms with Crippen molar-refractivity contribution in [3.05, 3.63) is 11.7 Å². The van der Waals surface area contributed by atoms with Crippen molar-refractivity contribution in [1.82, 2.24) is 20.4 Å². The van der Waals surface area contributed by atoms with Crippen molar-refractivity contribution < 1.29 is 9.26 Å². The number of nitrogens with one attached hydrogen (secondary N) is 1. The van der Waals surface area contributed by atoms with E-state index in [1.165, 1.54) is 12.8 Å². The van der Waals surface area contributed by atoms with Crippen molar-refractivity contribution in [2.24, 2.45) is 5.92 Å². The molecule has 0 amide bonds. The largest absolute Gasteiger partial charge is 0.378 e. The first kappa shape index (κ1) is 17.7. The van der Waals surface area contributed by atoms with Crippen LogP contribution in [0.2, 0.25) is 0 Å². The second kappa shape index (κ2) is 8.24. The Morgan fingerprint density at radius 1 is 1.41 bits per heavy atom. The van der Waals surface area contributed by atoms with Gasteiger partial charge in [0.25, 0.3) is 0 Å². The number of halogens is 1. The summed E-state index contributed by atoms with van der Waals surface area (Å²) < 4.78 is 11.0. The highest BCUT2D eigenvalue weighted by Gasteiger charge is 2.31. The van der Waals surface area contributed by atoms with Gasteiger partial charge in [-0.1, -0.05) is 19.0 Å². The van der Waals surface area contributed by atoms with Crippen LogP contribution in [0.1, 0.15) is 50.4 Å². The minimum absolute atomic E-state index is 0. The molecule has 2 aliphatic heterocycles. The number of aromatic nitrogens is 2. The number of piperidine rings is 1. The fraction of sp³-hybridized carbons (Fsp3) is 0.867. The van der Waals surface area contributed by atoms with Gasteiger partial charge in [-0.25, -0.2) is 0 Å². The molecule has 0 saturated carbocycles. The van der Waals surface area contributed by atoms with E-state index in [1.807, 2.05) is 0 Å². The van der Waals surface area contributed by atoms with Crippen molar-refractivity contribution in [1.29, 1.82) is 0 Å². The molecule has 0 aromatic carbocycles. The second-order valence-electron chi connectivity index (χ2n) is 6.44. The van der Waals surface area contributed by atoms with E-state index in [0.717, 1.165) is 50.4 Å². The highest BCUT2D eigenvalue weighted by molar-refractivity contribution is 5.85. The van der Waals surface area contributed by atoms with Gasteiger partial charge in [-0.15, -0.1) is 12.4 Å². The maximum atomic E-state index is 5.65. The molecule has 2 aliphatic rings. The van der Waals surface area contributed by atoms with Crippen molar-refractivity contribution in [2.45, 2.75) is 38.6 Å². The Morgan fingerprint density at radius 3 is 2.95 bits per heavy atom. The Hall–Kier alpha value is -0.690. The van der Waals surface area contributed by atoms with Crippen LogP contribution in [-0.2, 0) is 4.74 Å². The van der Waals surface area contributed by atoms with Crippen molar-refractivity contribution in [3.8, 4) is 0 Å². The van der Waals surface area contributed by atoms with Crippen LogP contribution in [0.3, 0.4) is 0 Å². The van der Waals surface area contributed by atoms with E-state index in [4.69, 9.17) is 9.26 Å². The van der Waals surface area contributed by atoms with Crippen molar-refractivity contribution >= 4 is 12.4 Å². The first-order chi connectivity index (χ1) is 10.2. The maximum absolute atomic E-state index is 5.65. The summed E-state index contributed by atoms with van der Waals surface area (Å²) in [6, 6.07) is 0.136. The zero-order valence-electron chi connectivity index (χ0n) is 13.5. The van der Waals surface area contributed by atoms with Gasteiger partial charge in [0.15, 0.2) is 5.82 Å². The van der Waals surface area contributed by atoms with Crippen LogP contribution in [0.25, 0.3) is 0 Å². The highest BCUT2D eigenvalue weighted by atomic mass is 35.5. The minimum atomic E-state index is 0. The smallest absolute Gasteiger partial charge is 0.229 e. The number of hydrogen-bond acceptors (Lipinski definition) is 6. The lowest BCUT2D eigenvalue weighted by molar-refractivity contribution is -0.0206. The molecule has 126 valence electrons. The van der Waals surface area contributed by atoms with Gasteiger partial charge in [0.2, 0.25) is 5.89 Å². The molecule has 1 aromatic rings. The Morgan fingerprint density at radius 2 is 2.27 bits per heavy atom. The number of morpholine rings is 1. The van der Waals surface area contributed by atoms with Crippen LogP contribution < -0.4 is 5.32 Å². The summed E-state index contributed by atoms with van der Waals surface area (Å²) in [5.74, 6) is 2.49. The van der Waals surface area contributed by atoms with Crippen LogP contribution in [0.5, 0.6) is 0 Å². The molecule has 2 fully saturated rings. The molecular formula is C15H27ClN4O2. The third-order valence-electron chi connectivity index (χ3n) is 4.38. The molecule has 6 nitrogen and oxygen atoms in total. The standard InChI is InChI=1S/C15H26N4O2.ClH/c1-11(2)15-17-14(18-21-15)13-10-20-7-6-19(13)9-12-4-3-5-16-8-12;/h11-13,16H,3-10H2,1-2H3;1H. The summed E-state index contributed by atoms with van der Waals surface area (Å²) in [4.78, 5) is 7.03. The summed E-state index contributed by atoms with van der Waals surface area (Å²) in [5, 5.41) is 7.67. The van der Waals surface area contributed by atoms with Crippen molar-refractivity contribution in [3.63, 3.8) is 0 Å². The third-order valence-corrected chi connectivity index (χ3v) is 4.38. The molecule has 0 bridgehead atoms. The molecule has 22 heavy (non-hydrogen) atoms. The molecule has 1 N–H and O–H groups in total. The third kappa shape index (κ3) is 4.19. The second-order valence-corrected chi connectivity index (χ2v) is 6.44. The minimum Gasteiger partial charge on any atom is -0.378 e. The number of rotatable bonds is 4. The Kier molecular flexibility index (Phi) is 6.62. The maximum Gasteiger partial charge on any atom is 0.229 e. The molecular weight excluding hydrogens is 304 g/mol. The average Bonchev–Trinajstić information content (AvgIpc) is 2.99. The Labute approximate surface area is 138 Å². The predicted octanol–water partition coefficient (Wildman–Crippen LogP) is 1.99. The van der Waals surface area contributed by atoms with Gasteiger partial charge < -0.3 is 14.6 Å². The topological polar surface area (TPSA) is 63.4 Å². The molecule has 0 aliphatic carbocycles. The van der Waals surface area contributed by atoms with E-state index in [1.54, 1.807) is 0 Å². The summed E-state index contributed by atoms with van der Waals surface area (Å²) in [5.41, 5.74) is 0. The van der Waals surface area contributed by atoms with Gasteiger partial charge in [0.05, 0.1) is 19.3 Å². The quantitative estimate of drug-likeness (QED) is 0.911. The summed E-state index contributed by atoms with van der Waals surface area (Å²) >= 11 is 0. The molecule has 3 rings (SSSR count). The number of ether oxygens (including phenoxy) is 1. The first-order valence-corrected chi connectivity index (χ1v) is 8.10. The van der Waals surface area contributed by atoms with Crippen LogP contribution >= 0.6 is 12.4 Å². The fourth-order valence-electron chi connectivity index (χ4n) is 3.12. The number of hydrogen-bond donors (Lipinski definition) is 1. The van der Waals surface area contributed by atoms with Gasteiger partial charge in [-0.2, -0.15) is 4.98 Å². The lowest BCUT2D eigenvalue weighted by atomic mass is 9.98. The average molecular weight is 331 g/mol. The number of nitrogens with zero attached hydrogens (tertiary/aromatic N) is 3. The highest BCUT2D eigenvalue weighted by Crippen LogP contribution is 2.25. The zero-order chi connectivity index (χ0) is 14.7. The van der Waals surface area contributed by atoms with E-state index >= 15 is 0 Å². The lowest BCUT2D eigenvalue weighted by Gasteiger charge is -2.37. The van der Waals surface area contributed by atoms with Crippen molar-refractivity contribution in [2.75, 3.05) is 39.4 Å². The SMILES string of the molecule is CC(C)c1nc(C2COCCN2CC2CCCNC2)no1.Cl. The van der Waals surface area contributed by atoms with Gasteiger partial charge in [-0.3, -0.25) is 4.90 Å². The van der Waals surface area contributed by atoms with Gasteiger partial charge in [-0.05, 0) is 31.8 Å². The Bertz CT molecular complexity index is 449. The molecule has 3 heterocycles. The monoisotopic (exact) mass is 330 g/mol. The van der Waals surface area contributed by atoms with E-state index in [9.17, 15) is 0 Å². The van der Waals surface area contributed by atoms with Crippen LogP contribution in [0, 0.1) is 5.92 Å². The molecule has 1 aromatic heterocycles. The Balaban J connectivity index is 0.00000176. The summed E-state index contributed by atoms with van der Waals surface area (Å²) in [6.07, 6.45) is 2.58. The van der Waals surface area contributed by atoms with Gasteiger partial charge >= 0.3 is 0 Å². The van der Waals surface area contributed by atoms with E-state index in [2.05, 4.69) is 34.2 Å². The van der Waals surface area contributed by atoms with Gasteiger partial charge in [0, 0.05) is 19.0 Å². The normalized spacial score (nSPS) is 26.9. The summed E-state index contributed by atoms with van der Waals surface area (Å²) in [7, 11) is 0. The van der Waals surface area contributed by atoms with E-state index in [0.29, 0.717) is 6.61 Å². The predicted molar refractivity (Wildman–Crippen MR) is 86.4 cm³/mol. The molecule has 0 radical (unpaired) electrons. The lowest BCUT2D eigenvalue weighted by Crippen LogP contribution is -2.45. The zero-order valence-corrected chi connectivity index (χ0v) is 14.3. The van der Waals surface area contributed by atoms with E-state index < -0.39 is 0 Å². The van der Waals surface area contributed by atoms with E-state index in [-0.39, 0.29) is 24.4 Å². The fourth-order valence-corrected chi connectivity index (χ4v) is 3.12. The summed E-state index contributed by atoms with van der Waals surface area (Å²) in [6.45, 7) is 9.92.